The molecule has 1 aliphatic rings. The van der Waals surface area contributed by atoms with Gasteiger partial charge in [-0.25, -0.2) is 4.39 Å². The van der Waals surface area contributed by atoms with E-state index in [9.17, 15) is 14.0 Å². The van der Waals surface area contributed by atoms with E-state index in [1.165, 1.54) is 19.2 Å². The number of halogens is 1. The molecule has 1 amide bonds. The first-order chi connectivity index (χ1) is 13.0. The van der Waals surface area contributed by atoms with E-state index in [-0.39, 0.29) is 36.6 Å². The summed E-state index contributed by atoms with van der Waals surface area (Å²) in [5.41, 5.74) is 1.72. The lowest BCUT2D eigenvalue weighted by atomic mass is 9.80. The number of amides is 1. The third kappa shape index (κ3) is 4.27. The number of piperidine rings is 1. The largest absolute Gasteiger partial charge is 0.497 e. The van der Waals surface area contributed by atoms with Crippen LogP contribution < -0.4 is 4.74 Å². The van der Waals surface area contributed by atoms with Crippen LogP contribution in [0.15, 0.2) is 48.5 Å². The number of nitrogens with zero attached hydrogens (tertiary/aromatic N) is 1. The highest BCUT2D eigenvalue weighted by Crippen LogP contribution is 2.35. The van der Waals surface area contributed by atoms with Gasteiger partial charge in [0.2, 0.25) is 5.91 Å². The smallest absolute Gasteiger partial charge is 0.311 e. The van der Waals surface area contributed by atoms with E-state index in [4.69, 9.17) is 9.47 Å². The molecule has 0 aliphatic carbocycles. The second kappa shape index (κ2) is 8.20. The molecular formula is C21H22FNO4. The molecule has 5 nitrogen and oxygen atoms in total. The molecule has 2 aromatic carbocycles. The Hall–Kier alpha value is -2.89. The van der Waals surface area contributed by atoms with Gasteiger partial charge in [-0.05, 0) is 35.4 Å². The minimum Gasteiger partial charge on any atom is -0.497 e. The molecule has 1 saturated heterocycles. The number of carbonyl (C=O) groups excluding carboxylic acids is 2. The Bertz CT molecular complexity index is 804. The molecule has 2 aromatic rings. The molecular weight excluding hydrogens is 349 g/mol. The summed E-state index contributed by atoms with van der Waals surface area (Å²) in [4.78, 5) is 26.7. The summed E-state index contributed by atoms with van der Waals surface area (Å²) in [5, 5.41) is 0. The number of hydrogen-bond acceptors (Lipinski definition) is 4. The molecule has 3 rings (SSSR count). The minimum absolute atomic E-state index is 0.0414. The molecule has 0 N–H and O–H groups in total. The average molecular weight is 371 g/mol. The maximum atomic E-state index is 13.2. The number of methoxy groups -OCH3 is 2. The number of ether oxygens (including phenoxy) is 2. The van der Waals surface area contributed by atoms with Crippen LogP contribution in [-0.4, -0.2) is 37.5 Å². The molecule has 2 unspecified atom stereocenters. The molecule has 142 valence electrons. The first kappa shape index (κ1) is 18.9. The third-order valence-corrected chi connectivity index (χ3v) is 4.98. The fourth-order valence-electron chi connectivity index (χ4n) is 3.48. The Morgan fingerprint density at radius 3 is 2.37 bits per heavy atom. The zero-order chi connectivity index (χ0) is 19.4. The van der Waals surface area contributed by atoms with E-state index >= 15 is 0 Å². The summed E-state index contributed by atoms with van der Waals surface area (Å²) in [6.45, 7) is 0.673. The Labute approximate surface area is 157 Å². The van der Waals surface area contributed by atoms with Gasteiger partial charge in [-0.15, -0.1) is 0 Å². The quantitative estimate of drug-likeness (QED) is 0.758. The van der Waals surface area contributed by atoms with Crippen LogP contribution in [0.1, 0.15) is 23.5 Å². The van der Waals surface area contributed by atoms with Crippen LogP contribution >= 0.6 is 0 Å². The fraction of sp³-hybridized carbons (Fsp3) is 0.333. The maximum absolute atomic E-state index is 13.2. The first-order valence-electron chi connectivity index (χ1n) is 8.76. The van der Waals surface area contributed by atoms with Crippen LogP contribution in [0, 0.1) is 11.7 Å². The minimum atomic E-state index is -0.489. The topological polar surface area (TPSA) is 55.8 Å². The summed E-state index contributed by atoms with van der Waals surface area (Å²) < 4.78 is 23.3. The molecule has 2 atom stereocenters. The van der Waals surface area contributed by atoms with Crippen molar-refractivity contribution in [3.05, 3.63) is 65.5 Å². The molecule has 0 saturated carbocycles. The first-order valence-corrected chi connectivity index (χ1v) is 8.76. The lowest BCUT2D eigenvalue weighted by Crippen LogP contribution is -2.46. The number of hydrogen-bond donors (Lipinski definition) is 0. The lowest BCUT2D eigenvalue weighted by Gasteiger charge is -2.37. The average Bonchev–Trinajstić information content (AvgIpc) is 2.70. The molecule has 1 fully saturated rings. The molecule has 0 radical (unpaired) electrons. The van der Waals surface area contributed by atoms with E-state index in [0.717, 1.165) is 16.9 Å². The zero-order valence-electron chi connectivity index (χ0n) is 15.4. The van der Waals surface area contributed by atoms with Crippen molar-refractivity contribution in [2.45, 2.75) is 18.9 Å². The number of likely N-dealkylation sites (tertiary alicyclic amines) is 1. The Kier molecular flexibility index (Phi) is 5.74. The van der Waals surface area contributed by atoms with Crippen LogP contribution in [0.4, 0.5) is 4.39 Å². The van der Waals surface area contributed by atoms with Crippen molar-refractivity contribution in [1.29, 1.82) is 0 Å². The van der Waals surface area contributed by atoms with Crippen LogP contribution in [0.25, 0.3) is 0 Å². The highest BCUT2D eigenvalue weighted by molar-refractivity contribution is 5.83. The molecule has 1 aliphatic heterocycles. The summed E-state index contributed by atoms with van der Waals surface area (Å²) in [5.74, 6) is -0.824. The second-order valence-corrected chi connectivity index (χ2v) is 6.61. The van der Waals surface area contributed by atoms with Gasteiger partial charge in [0.05, 0.1) is 20.1 Å². The zero-order valence-corrected chi connectivity index (χ0v) is 15.4. The van der Waals surface area contributed by atoms with Crippen molar-refractivity contribution in [3.8, 4) is 5.75 Å². The van der Waals surface area contributed by atoms with Crippen molar-refractivity contribution in [3.63, 3.8) is 0 Å². The van der Waals surface area contributed by atoms with Gasteiger partial charge in [0.1, 0.15) is 11.6 Å². The van der Waals surface area contributed by atoms with E-state index in [0.29, 0.717) is 6.54 Å². The van der Waals surface area contributed by atoms with Crippen molar-refractivity contribution in [2.24, 2.45) is 5.92 Å². The van der Waals surface area contributed by atoms with Crippen molar-refractivity contribution in [2.75, 3.05) is 20.8 Å². The van der Waals surface area contributed by atoms with E-state index in [1.807, 2.05) is 24.3 Å². The molecule has 0 bridgehead atoms. The Morgan fingerprint density at radius 2 is 1.78 bits per heavy atom. The van der Waals surface area contributed by atoms with E-state index in [2.05, 4.69) is 0 Å². The number of esters is 1. The van der Waals surface area contributed by atoms with Gasteiger partial charge in [0.25, 0.3) is 0 Å². The predicted molar refractivity (Wildman–Crippen MR) is 97.7 cm³/mol. The van der Waals surface area contributed by atoms with Gasteiger partial charge < -0.3 is 14.4 Å². The third-order valence-electron chi connectivity index (χ3n) is 4.98. The van der Waals surface area contributed by atoms with Crippen molar-refractivity contribution in [1.82, 2.24) is 4.90 Å². The standard InChI is InChI=1S/C21H22FNO4/c1-26-17-9-3-14(4-10-17)12-23-13-19(21(25)27-2)18(11-20(23)24)15-5-7-16(22)8-6-15/h3-10,18-19H,11-13H2,1-2H3. The Morgan fingerprint density at radius 1 is 1.11 bits per heavy atom. The number of rotatable bonds is 5. The highest BCUT2D eigenvalue weighted by atomic mass is 19.1. The van der Waals surface area contributed by atoms with Gasteiger partial charge in [0, 0.05) is 25.4 Å². The maximum Gasteiger partial charge on any atom is 0.311 e. The van der Waals surface area contributed by atoms with Gasteiger partial charge in [-0.3, -0.25) is 9.59 Å². The van der Waals surface area contributed by atoms with Crippen LogP contribution in [0.3, 0.4) is 0 Å². The number of benzene rings is 2. The highest BCUT2D eigenvalue weighted by Gasteiger charge is 2.39. The molecule has 6 heteroatoms. The van der Waals surface area contributed by atoms with Gasteiger partial charge >= 0.3 is 5.97 Å². The summed E-state index contributed by atoms with van der Waals surface area (Å²) in [6, 6.07) is 13.4. The summed E-state index contributed by atoms with van der Waals surface area (Å²) in [6.07, 6.45) is 0.182. The van der Waals surface area contributed by atoms with Crippen LogP contribution in [0.5, 0.6) is 5.75 Å². The predicted octanol–water partition coefficient (Wildman–Crippen LogP) is 3.14. The molecule has 0 aromatic heterocycles. The monoisotopic (exact) mass is 371 g/mol. The van der Waals surface area contributed by atoms with E-state index in [1.54, 1.807) is 24.1 Å². The molecule has 0 spiro atoms. The van der Waals surface area contributed by atoms with Crippen molar-refractivity contribution >= 4 is 11.9 Å². The summed E-state index contributed by atoms with van der Waals surface area (Å²) >= 11 is 0. The van der Waals surface area contributed by atoms with Gasteiger partial charge in [-0.1, -0.05) is 24.3 Å². The van der Waals surface area contributed by atoms with Gasteiger partial charge in [-0.2, -0.15) is 0 Å². The van der Waals surface area contributed by atoms with Gasteiger partial charge in [0.15, 0.2) is 0 Å². The van der Waals surface area contributed by atoms with Crippen LogP contribution in [-0.2, 0) is 20.9 Å². The fourth-order valence-corrected chi connectivity index (χ4v) is 3.48. The number of carbonyl (C=O) groups is 2. The SMILES string of the molecule is COC(=O)C1CN(Cc2ccc(OC)cc2)C(=O)CC1c1ccc(F)cc1. The molecule has 1 heterocycles. The normalized spacial score (nSPS) is 19.7. The second-order valence-electron chi connectivity index (χ2n) is 6.61. The summed E-state index contributed by atoms with van der Waals surface area (Å²) in [7, 11) is 2.94. The lowest BCUT2D eigenvalue weighted by molar-refractivity contribution is -0.151. The van der Waals surface area contributed by atoms with E-state index < -0.39 is 5.92 Å². The van der Waals surface area contributed by atoms with Crippen LogP contribution in [0.2, 0.25) is 0 Å². The Balaban J connectivity index is 1.80. The van der Waals surface area contributed by atoms with Crippen molar-refractivity contribution < 1.29 is 23.5 Å². The molecule has 27 heavy (non-hydrogen) atoms.